The number of benzene rings is 7. The average Bonchev–Trinajstić information content (AvgIpc) is 3.93. The first-order valence-electron chi connectivity index (χ1n) is 19.5. The fourth-order valence-electron chi connectivity index (χ4n) is 7.03. The van der Waals surface area contributed by atoms with Crippen molar-refractivity contribution in [2.75, 3.05) is 0 Å². The van der Waals surface area contributed by atoms with Gasteiger partial charge in [0.15, 0.2) is 23.1 Å². The van der Waals surface area contributed by atoms with E-state index in [0.29, 0.717) is 17.2 Å². The van der Waals surface area contributed by atoms with Crippen molar-refractivity contribution in [2.45, 2.75) is 0 Å². The maximum absolute atomic E-state index is 9.59. The number of para-hydroxylation sites is 3. The van der Waals surface area contributed by atoms with Gasteiger partial charge in [0.25, 0.3) is 0 Å². The van der Waals surface area contributed by atoms with Crippen LogP contribution in [0.15, 0.2) is 162 Å². The minimum atomic E-state index is -0.353. The Kier molecular flexibility index (Phi) is 4.91. The van der Waals surface area contributed by atoms with Gasteiger partial charge in [-0.05, 0) is 42.4 Å². The molecular weight excluding hydrogens is 645 g/mol. The fourth-order valence-corrected chi connectivity index (χ4v) is 8.18. The average molecular weight is 677 g/mol. The highest BCUT2D eigenvalue weighted by atomic mass is 32.1. The predicted octanol–water partition coefficient (Wildman–Crippen LogP) is 12.2. The molecule has 0 aliphatic heterocycles. The molecule has 51 heavy (non-hydrogen) atoms. The summed E-state index contributed by atoms with van der Waals surface area (Å²) in [6.45, 7) is 0. The Balaban J connectivity index is 1.19. The molecule has 5 nitrogen and oxygen atoms in total. The SMILES string of the molecule is [2H]c1c([2H])c([2H])c2c(oc3c([2H])c(-c4nc(-c5ccccc5)nc(-c5ccc6c(c5)sc5ccccc56)n4)c([2H])c([2H])c32)c1-n1c2ccccc2c2ccccc21. The molecule has 6 heteroatoms. The summed E-state index contributed by atoms with van der Waals surface area (Å²) in [7, 11) is 0. The number of fused-ring (bicyclic) bond motifs is 9. The lowest BCUT2D eigenvalue weighted by Gasteiger charge is -2.08. The molecule has 0 radical (unpaired) electrons. The van der Waals surface area contributed by atoms with Crippen LogP contribution in [0, 0.1) is 0 Å². The van der Waals surface area contributed by atoms with E-state index in [-0.39, 0.29) is 75.3 Å². The van der Waals surface area contributed by atoms with Crippen LogP contribution in [0.2, 0.25) is 0 Å². The summed E-state index contributed by atoms with van der Waals surface area (Å²) in [5.41, 5.74) is 3.18. The van der Waals surface area contributed by atoms with Crippen molar-refractivity contribution >= 4 is 75.3 Å². The molecule has 0 unspecified atom stereocenters. The first kappa shape index (κ1) is 22.9. The van der Waals surface area contributed by atoms with Gasteiger partial charge >= 0.3 is 0 Å². The lowest BCUT2D eigenvalue weighted by molar-refractivity contribution is 0.666. The van der Waals surface area contributed by atoms with Gasteiger partial charge in [0.05, 0.1) is 24.9 Å². The maximum Gasteiger partial charge on any atom is 0.164 e. The Morgan fingerprint density at radius 3 is 1.94 bits per heavy atom. The van der Waals surface area contributed by atoms with E-state index in [0.717, 1.165) is 47.5 Å². The highest BCUT2D eigenvalue weighted by Gasteiger charge is 2.19. The van der Waals surface area contributed by atoms with E-state index in [1.807, 2.05) is 108 Å². The smallest absolute Gasteiger partial charge is 0.164 e. The van der Waals surface area contributed by atoms with Crippen LogP contribution in [0.5, 0.6) is 0 Å². The van der Waals surface area contributed by atoms with Crippen molar-refractivity contribution in [3.05, 3.63) is 158 Å². The van der Waals surface area contributed by atoms with E-state index in [1.165, 1.54) is 0 Å². The Bertz CT molecular complexity index is 3450. The molecule has 0 fully saturated rings. The Labute approximate surface area is 304 Å². The summed E-state index contributed by atoms with van der Waals surface area (Å²) in [6.07, 6.45) is 0. The Morgan fingerprint density at radius 1 is 0.510 bits per heavy atom. The maximum atomic E-state index is 9.59. The zero-order valence-electron chi connectivity index (χ0n) is 32.7. The molecule has 11 rings (SSSR count). The third kappa shape index (κ3) is 4.37. The van der Waals surface area contributed by atoms with Gasteiger partial charge in [-0.3, -0.25) is 0 Å². The molecule has 238 valence electrons. The van der Waals surface area contributed by atoms with Crippen LogP contribution >= 0.6 is 11.3 Å². The highest BCUT2D eigenvalue weighted by Crippen LogP contribution is 2.40. The van der Waals surface area contributed by atoms with Gasteiger partial charge in [-0.2, -0.15) is 0 Å². The van der Waals surface area contributed by atoms with Gasteiger partial charge in [-0.15, -0.1) is 11.3 Å². The minimum absolute atomic E-state index is 0.0252. The van der Waals surface area contributed by atoms with Crippen LogP contribution in [0.1, 0.15) is 8.22 Å². The van der Waals surface area contributed by atoms with Gasteiger partial charge in [-0.25, -0.2) is 15.0 Å². The molecule has 0 atom stereocenters. The number of nitrogens with zero attached hydrogens (tertiary/aromatic N) is 4. The third-order valence-electron chi connectivity index (χ3n) is 9.37. The molecule has 0 spiro atoms. The lowest BCUT2D eigenvalue weighted by Crippen LogP contribution is -2.00. The van der Waals surface area contributed by atoms with E-state index in [2.05, 4.69) is 18.2 Å². The van der Waals surface area contributed by atoms with Crippen LogP contribution < -0.4 is 0 Å². The molecule has 0 saturated heterocycles. The van der Waals surface area contributed by atoms with Gasteiger partial charge in [0.2, 0.25) is 0 Å². The normalized spacial score (nSPS) is 13.6. The van der Waals surface area contributed by atoms with Gasteiger partial charge in [-0.1, -0.05) is 115 Å². The first-order valence-corrected chi connectivity index (χ1v) is 17.3. The standard InChI is InChI=1S/C45H26N4OS/c1-2-11-27(12-3-1)43-46-44(48-45(47-43)29-22-24-34-33-15-6-9-20-40(33)51-41(34)26-29)28-21-23-32-35-16-10-19-38(42(35)50-39(32)25-28)49-36-17-7-4-13-30(36)31-14-5-8-18-37(31)49/h1-26H/i10D,16D,19D,21D,23D,25D. The van der Waals surface area contributed by atoms with E-state index in [1.54, 1.807) is 11.3 Å². The van der Waals surface area contributed by atoms with Crippen molar-refractivity contribution in [3.8, 4) is 39.9 Å². The monoisotopic (exact) mass is 676 g/mol. The predicted molar refractivity (Wildman–Crippen MR) is 211 cm³/mol. The van der Waals surface area contributed by atoms with E-state index in [4.69, 9.17) is 22.1 Å². The summed E-state index contributed by atoms with van der Waals surface area (Å²) in [5, 5.41) is 4.30. The summed E-state index contributed by atoms with van der Waals surface area (Å²) in [5.74, 6) is 0.701. The van der Waals surface area contributed by atoms with Crippen molar-refractivity contribution in [1.82, 2.24) is 19.5 Å². The second kappa shape index (κ2) is 10.9. The minimum Gasteiger partial charge on any atom is -0.454 e. The molecule has 4 aromatic heterocycles. The van der Waals surface area contributed by atoms with Gasteiger partial charge in [0, 0.05) is 58.4 Å². The summed E-state index contributed by atoms with van der Waals surface area (Å²) in [4.78, 5) is 14.6. The highest BCUT2D eigenvalue weighted by molar-refractivity contribution is 7.25. The van der Waals surface area contributed by atoms with Crippen LogP contribution in [-0.2, 0) is 0 Å². The summed E-state index contributed by atoms with van der Waals surface area (Å²) in [6, 6.07) is 37.4. The largest absolute Gasteiger partial charge is 0.454 e. The van der Waals surface area contributed by atoms with Crippen LogP contribution in [0.25, 0.3) is 104 Å². The van der Waals surface area contributed by atoms with Crippen molar-refractivity contribution < 1.29 is 12.6 Å². The summed E-state index contributed by atoms with van der Waals surface area (Å²) < 4.78 is 66.2. The van der Waals surface area contributed by atoms with Crippen LogP contribution in [-0.4, -0.2) is 19.5 Å². The molecule has 0 amide bonds. The molecular formula is C45H26N4OS. The molecule has 0 bridgehead atoms. The molecule has 0 saturated carbocycles. The molecule has 0 N–H and O–H groups in total. The van der Waals surface area contributed by atoms with Gasteiger partial charge in [0.1, 0.15) is 5.58 Å². The molecule has 11 aromatic rings. The number of hydrogen-bond donors (Lipinski definition) is 0. The van der Waals surface area contributed by atoms with Crippen molar-refractivity contribution in [3.63, 3.8) is 0 Å². The van der Waals surface area contributed by atoms with E-state index >= 15 is 0 Å². The van der Waals surface area contributed by atoms with Crippen LogP contribution in [0.3, 0.4) is 0 Å². The molecule has 7 aromatic carbocycles. The van der Waals surface area contributed by atoms with E-state index in [9.17, 15) is 5.48 Å². The number of rotatable bonds is 4. The number of aromatic nitrogens is 4. The lowest BCUT2D eigenvalue weighted by atomic mass is 10.1. The Morgan fingerprint density at radius 2 is 1.16 bits per heavy atom. The fraction of sp³-hybridized carbons (Fsp3) is 0. The van der Waals surface area contributed by atoms with Crippen molar-refractivity contribution in [1.29, 1.82) is 0 Å². The zero-order valence-corrected chi connectivity index (χ0v) is 27.5. The molecule has 4 heterocycles. The first-order chi connectivity index (χ1) is 27.8. The topological polar surface area (TPSA) is 56.7 Å². The number of furan rings is 1. The van der Waals surface area contributed by atoms with E-state index < -0.39 is 0 Å². The zero-order chi connectivity index (χ0) is 38.7. The second-order valence-corrected chi connectivity index (χ2v) is 13.4. The number of hydrogen-bond acceptors (Lipinski definition) is 5. The summed E-state index contributed by atoms with van der Waals surface area (Å²) >= 11 is 1.67. The third-order valence-corrected chi connectivity index (χ3v) is 10.5. The van der Waals surface area contributed by atoms with Gasteiger partial charge < -0.3 is 8.98 Å². The molecule has 0 aliphatic rings. The van der Waals surface area contributed by atoms with Crippen LogP contribution in [0.4, 0.5) is 0 Å². The molecule has 0 aliphatic carbocycles. The second-order valence-electron chi connectivity index (χ2n) is 12.3. The quantitative estimate of drug-likeness (QED) is 0.186. The Hall–Kier alpha value is -6.63. The van der Waals surface area contributed by atoms with Crippen molar-refractivity contribution in [2.24, 2.45) is 0 Å². The number of thiophene rings is 1.